The Hall–Kier alpha value is -2.41. The number of rotatable bonds is 5. The molecule has 112 valence electrons. The molecule has 21 heavy (non-hydrogen) atoms. The summed E-state index contributed by atoms with van der Waals surface area (Å²) < 4.78 is 0. The Labute approximate surface area is 122 Å². The fourth-order valence-electron chi connectivity index (χ4n) is 2.21. The smallest absolute Gasteiger partial charge is 0.335 e. The lowest BCUT2D eigenvalue weighted by atomic mass is 10.2. The zero-order valence-corrected chi connectivity index (χ0v) is 11.7. The lowest BCUT2D eigenvalue weighted by Crippen LogP contribution is -2.52. The summed E-state index contributed by atoms with van der Waals surface area (Å²) in [5.74, 6) is -1.13. The Bertz CT molecular complexity index is 536. The number of anilines is 2. The van der Waals surface area contributed by atoms with Gasteiger partial charge in [0.05, 0.1) is 12.3 Å². The quantitative estimate of drug-likeness (QED) is 0.770. The number of urea groups is 1. The molecule has 1 aliphatic rings. The second-order valence-electron chi connectivity index (χ2n) is 4.58. The number of amides is 4. The van der Waals surface area contributed by atoms with Crippen molar-refractivity contribution < 1.29 is 19.5 Å². The van der Waals surface area contributed by atoms with Gasteiger partial charge in [-0.05, 0) is 31.2 Å². The number of hydrogen-bond acceptors (Lipinski definition) is 5. The van der Waals surface area contributed by atoms with E-state index in [0.29, 0.717) is 12.2 Å². The molecule has 0 aromatic heterocycles. The molecule has 7 heteroatoms. The molecule has 2 rings (SSSR count). The summed E-state index contributed by atoms with van der Waals surface area (Å²) in [4.78, 5) is 37.5. The molecule has 1 saturated heterocycles. The summed E-state index contributed by atoms with van der Waals surface area (Å²) >= 11 is 0. The van der Waals surface area contributed by atoms with Crippen molar-refractivity contribution in [2.24, 2.45) is 0 Å². The van der Waals surface area contributed by atoms with Crippen molar-refractivity contribution in [3.63, 3.8) is 0 Å². The lowest BCUT2D eigenvalue weighted by Gasteiger charge is -2.26. The predicted octanol–water partition coefficient (Wildman–Crippen LogP) is 0.478. The van der Waals surface area contributed by atoms with E-state index in [2.05, 4.69) is 5.32 Å². The van der Waals surface area contributed by atoms with Gasteiger partial charge in [0.15, 0.2) is 0 Å². The first-order valence-electron chi connectivity index (χ1n) is 6.69. The van der Waals surface area contributed by atoms with Crippen LogP contribution in [0, 0.1) is 0 Å². The maximum absolute atomic E-state index is 11.8. The monoisotopic (exact) mass is 291 g/mol. The number of likely N-dealkylation sites (N-methyl/N-ethyl adjacent to an activating group) is 1. The van der Waals surface area contributed by atoms with Crippen LogP contribution in [0.15, 0.2) is 24.3 Å². The van der Waals surface area contributed by atoms with E-state index in [9.17, 15) is 14.4 Å². The van der Waals surface area contributed by atoms with Gasteiger partial charge in [-0.2, -0.15) is 0 Å². The molecule has 1 heterocycles. The number of hydrogen-bond donors (Lipinski definition) is 2. The fraction of sp³-hybridized carbons (Fsp3) is 0.357. The summed E-state index contributed by atoms with van der Waals surface area (Å²) in [6.07, 6.45) is -0.334. The Balaban J connectivity index is 2.20. The number of carbonyl (C=O) groups excluding carboxylic acids is 3. The van der Waals surface area contributed by atoms with Gasteiger partial charge in [-0.1, -0.05) is 0 Å². The van der Waals surface area contributed by atoms with Crippen molar-refractivity contribution in [1.82, 2.24) is 5.32 Å². The molecule has 1 aliphatic heterocycles. The molecule has 7 nitrogen and oxygen atoms in total. The molecule has 1 aromatic carbocycles. The van der Waals surface area contributed by atoms with Crippen LogP contribution in [0.1, 0.15) is 13.3 Å². The highest BCUT2D eigenvalue weighted by Gasteiger charge is 2.31. The van der Waals surface area contributed by atoms with Gasteiger partial charge >= 0.3 is 6.03 Å². The van der Waals surface area contributed by atoms with E-state index in [-0.39, 0.29) is 13.0 Å². The Morgan fingerprint density at radius 3 is 2.43 bits per heavy atom. The maximum Gasteiger partial charge on any atom is 0.335 e. The number of benzene rings is 1. The van der Waals surface area contributed by atoms with Crippen LogP contribution in [-0.4, -0.2) is 42.6 Å². The van der Waals surface area contributed by atoms with Crippen molar-refractivity contribution in [3.05, 3.63) is 24.3 Å². The van der Waals surface area contributed by atoms with Crippen LogP contribution in [0.3, 0.4) is 0 Å². The van der Waals surface area contributed by atoms with Gasteiger partial charge in [0.1, 0.15) is 6.42 Å². The van der Waals surface area contributed by atoms with Gasteiger partial charge in [0, 0.05) is 18.8 Å². The number of nitrogens with zero attached hydrogens (tertiary/aromatic N) is 2. The zero-order valence-electron chi connectivity index (χ0n) is 11.7. The van der Waals surface area contributed by atoms with Crippen LogP contribution < -0.4 is 15.1 Å². The number of carbonyl (C=O) groups is 3. The van der Waals surface area contributed by atoms with E-state index in [1.807, 2.05) is 11.8 Å². The fourth-order valence-corrected chi connectivity index (χ4v) is 2.21. The third-order valence-electron chi connectivity index (χ3n) is 3.24. The molecule has 1 fully saturated rings. The average Bonchev–Trinajstić information content (AvgIpc) is 2.44. The highest BCUT2D eigenvalue weighted by molar-refractivity contribution is 6.26. The third kappa shape index (κ3) is 3.19. The van der Waals surface area contributed by atoms with Crippen molar-refractivity contribution in [2.75, 3.05) is 29.5 Å². The molecule has 0 bridgehead atoms. The Kier molecular flexibility index (Phi) is 4.54. The first-order chi connectivity index (χ1) is 10.1. The topological polar surface area (TPSA) is 89.9 Å². The summed E-state index contributed by atoms with van der Waals surface area (Å²) in [5.41, 5.74) is 1.30. The van der Waals surface area contributed by atoms with Gasteiger partial charge in [0.25, 0.3) is 0 Å². The second-order valence-corrected chi connectivity index (χ2v) is 4.58. The number of aliphatic hydroxyl groups excluding tert-OH is 1. The SMILES string of the molecule is CCN(CCO)c1ccc(N2C(=O)CC(=O)NC2=O)cc1. The molecule has 0 spiro atoms. The van der Waals surface area contributed by atoms with E-state index in [1.54, 1.807) is 24.3 Å². The first-order valence-corrected chi connectivity index (χ1v) is 6.69. The van der Waals surface area contributed by atoms with Gasteiger partial charge in [0.2, 0.25) is 11.8 Å². The van der Waals surface area contributed by atoms with Gasteiger partial charge in [-0.3, -0.25) is 14.9 Å². The van der Waals surface area contributed by atoms with E-state index in [4.69, 9.17) is 5.11 Å². The minimum atomic E-state index is -0.730. The first kappa shape index (κ1) is 15.0. The lowest BCUT2D eigenvalue weighted by molar-refractivity contribution is -0.128. The number of nitrogens with one attached hydrogen (secondary N) is 1. The Morgan fingerprint density at radius 2 is 1.90 bits per heavy atom. The highest BCUT2D eigenvalue weighted by Crippen LogP contribution is 2.22. The highest BCUT2D eigenvalue weighted by atomic mass is 16.3. The van der Waals surface area contributed by atoms with E-state index in [0.717, 1.165) is 17.1 Å². The molecule has 0 radical (unpaired) electrons. The van der Waals surface area contributed by atoms with E-state index >= 15 is 0 Å². The van der Waals surface area contributed by atoms with Crippen LogP contribution >= 0.6 is 0 Å². The number of imide groups is 2. The summed E-state index contributed by atoms with van der Waals surface area (Å²) in [6.45, 7) is 3.26. The minimum Gasteiger partial charge on any atom is -0.395 e. The molecular weight excluding hydrogens is 274 g/mol. The summed E-state index contributed by atoms with van der Waals surface area (Å²) in [7, 11) is 0. The zero-order chi connectivity index (χ0) is 15.4. The standard InChI is InChI=1S/C14H17N3O4/c1-2-16(7-8-18)10-3-5-11(6-4-10)17-13(20)9-12(19)15-14(17)21/h3-6,18H,2,7-9H2,1H3,(H,15,19,21). The molecule has 0 unspecified atom stereocenters. The van der Waals surface area contributed by atoms with Crippen LogP contribution in [0.4, 0.5) is 16.2 Å². The van der Waals surface area contributed by atoms with Crippen LogP contribution in [0.25, 0.3) is 0 Å². The van der Waals surface area contributed by atoms with Crippen LogP contribution in [0.2, 0.25) is 0 Å². The second kappa shape index (κ2) is 6.36. The number of aliphatic hydroxyl groups is 1. The van der Waals surface area contributed by atoms with Crippen molar-refractivity contribution in [2.45, 2.75) is 13.3 Å². The van der Waals surface area contributed by atoms with E-state index in [1.165, 1.54) is 0 Å². The van der Waals surface area contributed by atoms with Gasteiger partial charge in [-0.25, -0.2) is 9.69 Å². The van der Waals surface area contributed by atoms with Gasteiger partial charge in [-0.15, -0.1) is 0 Å². The maximum atomic E-state index is 11.8. The molecule has 0 atom stereocenters. The number of barbiturate groups is 1. The molecule has 0 saturated carbocycles. The van der Waals surface area contributed by atoms with Crippen LogP contribution in [-0.2, 0) is 9.59 Å². The molecule has 0 aliphatic carbocycles. The summed E-state index contributed by atoms with van der Waals surface area (Å²) in [5, 5.41) is 11.1. The van der Waals surface area contributed by atoms with E-state index < -0.39 is 17.8 Å². The normalized spacial score (nSPS) is 15.1. The van der Waals surface area contributed by atoms with Crippen molar-refractivity contribution >= 4 is 29.2 Å². The van der Waals surface area contributed by atoms with Crippen LogP contribution in [0.5, 0.6) is 0 Å². The third-order valence-corrected chi connectivity index (χ3v) is 3.24. The molecular formula is C14H17N3O4. The molecule has 1 aromatic rings. The predicted molar refractivity (Wildman–Crippen MR) is 77.1 cm³/mol. The minimum absolute atomic E-state index is 0.0463. The van der Waals surface area contributed by atoms with Crippen molar-refractivity contribution in [3.8, 4) is 0 Å². The molecule has 2 N–H and O–H groups in total. The summed E-state index contributed by atoms with van der Waals surface area (Å²) in [6, 6.07) is 6.09. The van der Waals surface area contributed by atoms with Gasteiger partial charge < -0.3 is 10.0 Å². The average molecular weight is 291 g/mol. The largest absolute Gasteiger partial charge is 0.395 e. The van der Waals surface area contributed by atoms with Crippen molar-refractivity contribution in [1.29, 1.82) is 0 Å². The molecule has 4 amide bonds. The Morgan fingerprint density at radius 1 is 1.24 bits per heavy atom.